The third-order valence-electron chi connectivity index (χ3n) is 1.73. The third-order valence-corrected chi connectivity index (χ3v) is 2.08. The van der Waals surface area contributed by atoms with E-state index in [2.05, 4.69) is 27.8 Å². The molecule has 1 rings (SSSR count). The van der Waals surface area contributed by atoms with Crippen LogP contribution in [0, 0.1) is 0 Å². The largest absolute Gasteiger partial charge is 0.376 e. The molecule has 1 heterocycles. The van der Waals surface area contributed by atoms with E-state index in [4.69, 9.17) is 4.74 Å². The van der Waals surface area contributed by atoms with Crippen molar-refractivity contribution >= 4 is 32.9 Å². The van der Waals surface area contributed by atoms with Gasteiger partial charge < -0.3 is 4.74 Å². The highest BCUT2D eigenvalue weighted by Gasteiger charge is 2.14. The number of ether oxygens (including phenoxy) is 1. The molecule has 0 spiro atoms. The molecule has 1 atom stereocenters. The number of nitrogens with zero attached hydrogens (tertiary/aromatic N) is 1. The Morgan fingerprint density at radius 3 is 2.91 bits per heavy atom. The molecule has 0 amide bonds. The van der Waals surface area contributed by atoms with E-state index in [0.717, 1.165) is 31.6 Å². The monoisotopic (exact) mass is 287 g/mol. The zero-order valence-corrected chi connectivity index (χ0v) is 10.1. The van der Waals surface area contributed by atoms with Crippen LogP contribution >= 0.6 is 32.9 Å². The molecule has 0 aromatic rings. The highest BCUT2D eigenvalue weighted by atomic mass is 79.9. The van der Waals surface area contributed by atoms with Gasteiger partial charge in [0.2, 0.25) is 0 Å². The van der Waals surface area contributed by atoms with Gasteiger partial charge >= 0.3 is 0 Å². The fraction of sp³-hybridized carbons (Fsp3) is 1.00. The quantitative estimate of drug-likeness (QED) is 0.717. The first kappa shape index (κ1) is 11.9. The molecule has 0 N–H and O–H groups in total. The van der Waals surface area contributed by atoms with Gasteiger partial charge in [0.05, 0.1) is 12.7 Å². The predicted molar refractivity (Wildman–Crippen MR) is 56.0 cm³/mol. The Labute approximate surface area is 87.2 Å². The highest BCUT2D eigenvalue weighted by Crippen LogP contribution is 2.03. The Morgan fingerprint density at radius 2 is 2.36 bits per heavy atom. The molecule has 0 bridgehead atoms. The lowest BCUT2D eigenvalue weighted by atomic mass is 10.3. The van der Waals surface area contributed by atoms with Gasteiger partial charge in [-0.2, -0.15) is 0 Å². The molecule has 2 nitrogen and oxygen atoms in total. The van der Waals surface area contributed by atoms with E-state index in [-0.39, 0.29) is 17.0 Å². The molecule has 0 radical (unpaired) electrons. The normalized spacial score (nSPS) is 26.2. The van der Waals surface area contributed by atoms with E-state index in [1.165, 1.54) is 0 Å². The third kappa shape index (κ3) is 4.45. The first-order chi connectivity index (χ1) is 4.83. The van der Waals surface area contributed by atoms with E-state index in [9.17, 15) is 0 Å². The number of rotatable bonds is 2. The molecule has 1 fully saturated rings. The minimum Gasteiger partial charge on any atom is -0.376 e. The average molecular weight is 289 g/mol. The van der Waals surface area contributed by atoms with Crippen LogP contribution in [-0.4, -0.2) is 42.6 Å². The maximum Gasteiger partial charge on any atom is 0.0674 e. The van der Waals surface area contributed by atoms with Crippen LogP contribution in [0.5, 0.6) is 0 Å². The maximum absolute atomic E-state index is 5.40. The van der Waals surface area contributed by atoms with E-state index in [1.54, 1.807) is 0 Å². The van der Waals surface area contributed by atoms with Crippen molar-refractivity contribution in [3.05, 3.63) is 0 Å². The topological polar surface area (TPSA) is 12.5 Å². The number of hydrogen-bond acceptors (Lipinski definition) is 2. The van der Waals surface area contributed by atoms with Gasteiger partial charge in [0, 0.05) is 25.0 Å². The van der Waals surface area contributed by atoms with Crippen LogP contribution in [0.25, 0.3) is 0 Å². The van der Waals surface area contributed by atoms with Crippen LogP contribution in [0.1, 0.15) is 6.92 Å². The molecular formula is C7H15Br2NO. The van der Waals surface area contributed by atoms with Gasteiger partial charge in [-0.15, -0.1) is 17.0 Å². The van der Waals surface area contributed by atoms with Gasteiger partial charge in [0.15, 0.2) is 0 Å². The second-order valence-corrected chi connectivity index (χ2v) is 3.46. The van der Waals surface area contributed by atoms with Crippen molar-refractivity contribution in [2.75, 3.05) is 31.6 Å². The molecule has 1 aliphatic heterocycles. The minimum absolute atomic E-state index is 0. The number of halogens is 2. The summed E-state index contributed by atoms with van der Waals surface area (Å²) in [4.78, 5) is 2.42. The van der Waals surface area contributed by atoms with Gasteiger partial charge in [0.25, 0.3) is 0 Å². The van der Waals surface area contributed by atoms with Crippen molar-refractivity contribution in [1.82, 2.24) is 4.90 Å². The summed E-state index contributed by atoms with van der Waals surface area (Å²) in [7, 11) is 0. The Balaban J connectivity index is 0.000001000. The van der Waals surface area contributed by atoms with Gasteiger partial charge in [-0.1, -0.05) is 15.9 Å². The summed E-state index contributed by atoms with van der Waals surface area (Å²) in [6.07, 6.45) is 0.424. The highest BCUT2D eigenvalue weighted by molar-refractivity contribution is 9.09. The van der Waals surface area contributed by atoms with Gasteiger partial charge in [-0.25, -0.2) is 0 Å². The molecule has 0 aromatic carbocycles. The van der Waals surface area contributed by atoms with E-state index in [1.807, 2.05) is 0 Å². The number of morpholine rings is 1. The Hall–Kier alpha value is 0.880. The van der Waals surface area contributed by atoms with E-state index < -0.39 is 0 Å². The lowest BCUT2D eigenvalue weighted by molar-refractivity contribution is -0.0157. The first-order valence-electron chi connectivity index (χ1n) is 3.73. The fourth-order valence-electron chi connectivity index (χ4n) is 1.21. The van der Waals surface area contributed by atoms with Crippen LogP contribution in [0.15, 0.2) is 0 Å². The Bertz CT molecular complexity index is 100. The summed E-state index contributed by atoms with van der Waals surface area (Å²) >= 11 is 3.42. The van der Waals surface area contributed by atoms with Crippen LogP contribution < -0.4 is 0 Å². The summed E-state index contributed by atoms with van der Waals surface area (Å²) in [6, 6.07) is 0. The molecule has 11 heavy (non-hydrogen) atoms. The summed E-state index contributed by atoms with van der Waals surface area (Å²) < 4.78 is 5.40. The van der Waals surface area contributed by atoms with Crippen LogP contribution in [-0.2, 0) is 4.74 Å². The summed E-state index contributed by atoms with van der Waals surface area (Å²) in [5.74, 6) is 0. The van der Waals surface area contributed by atoms with Crippen LogP contribution in [0.2, 0.25) is 0 Å². The molecule has 68 valence electrons. The Kier molecular flexibility index (Phi) is 6.91. The standard InChI is InChI=1S/C7H14BrNO.BrH/c1-7-6-9(3-2-8)4-5-10-7;/h7H,2-6H2,1H3;1H. The fourth-order valence-corrected chi connectivity index (χ4v) is 1.71. The van der Waals surface area contributed by atoms with E-state index >= 15 is 0 Å². The van der Waals surface area contributed by atoms with E-state index in [0.29, 0.717) is 6.10 Å². The van der Waals surface area contributed by atoms with Crippen LogP contribution in [0.3, 0.4) is 0 Å². The molecule has 0 aliphatic carbocycles. The summed E-state index contributed by atoms with van der Waals surface area (Å²) in [5, 5.41) is 1.07. The van der Waals surface area contributed by atoms with Gasteiger partial charge in [0.1, 0.15) is 0 Å². The summed E-state index contributed by atoms with van der Waals surface area (Å²) in [6.45, 7) is 6.35. The molecule has 1 aliphatic rings. The molecule has 1 saturated heterocycles. The van der Waals surface area contributed by atoms with Gasteiger partial charge in [-0.3, -0.25) is 4.90 Å². The Morgan fingerprint density at radius 1 is 1.64 bits per heavy atom. The van der Waals surface area contributed by atoms with Crippen LogP contribution in [0.4, 0.5) is 0 Å². The molecule has 0 aromatic heterocycles. The molecular weight excluding hydrogens is 274 g/mol. The van der Waals surface area contributed by atoms with Gasteiger partial charge in [-0.05, 0) is 6.92 Å². The number of hydrogen-bond donors (Lipinski definition) is 0. The SMILES string of the molecule is Br.CC1CN(CCBr)CCO1. The summed E-state index contributed by atoms with van der Waals surface area (Å²) in [5.41, 5.74) is 0. The first-order valence-corrected chi connectivity index (χ1v) is 4.85. The lowest BCUT2D eigenvalue weighted by Gasteiger charge is -2.30. The van der Waals surface area contributed by atoms with Crippen molar-refractivity contribution in [2.24, 2.45) is 0 Å². The maximum atomic E-state index is 5.40. The minimum atomic E-state index is 0. The average Bonchev–Trinajstić information content (AvgIpc) is 1.88. The molecule has 4 heteroatoms. The second-order valence-electron chi connectivity index (χ2n) is 2.67. The van der Waals surface area contributed by atoms with Crippen molar-refractivity contribution in [2.45, 2.75) is 13.0 Å². The van der Waals surface area contributed by atoms with Crippen molar-refractivity contribution in [3.8, 4) is 0 Å². The molecule has 0 saturated carbocycles. The number of alkyl halides is 1. The lowest BCUT2D eigenvalue weighted by Crippen LogP contribution is -2.41. The zero-order chi connectivity index (χ0) is 7.40. The van der Waals surface area contributed by atoms with Crippen molar-refractivity contribution in [3.63, 3.8) is 0 Å². The predicted octanol–water partition coefficient (Wildman–Crippen LogP) is 1.68. The van der Waals surface area contributed by atoms with Crippen molar-refractivity contribution < 1.29 is 4.74 Å². The smallest absolute Gasteiger partial charge is 0.0674 e. The zero-order valence-electron chi connectivity index (χ0n) is 6.75. The van der Waals surface area contributed by atoms with Crippen molar-refractivity contribution in [1.29, 1.82) is 0 Å². The second kappa shape index (κ2) is 6.40. The molecule has 1 unspecified atom stereocenters.